The first kappa shape index (κ1) is 27.8. The van der Waals surface area contributed by atoms with Crippen molar-refractivity contribution in [2.45, 2.75) is 62.2 Å². The molecule has 0 radical (unpaired) electrons. The largest absolute Gasteiger partial charge is 0.506 e. The SMILES string of the molecule is Nc1ccc(Oc2ccc(C34CC5CC(C3)C3(c6ccc(Oc7ccc(N)c(O)c7)cc6)C6CC7CC(C6)C4C3(C7)C5)cc2)cc1O. The summed E-state index contributed by atoms with van der Waals surface area (Å²) in [6, 6.07) is 28.3. The molecule has 6 heteroatoms. The molecule has 9 atom stereocenters. The van der Waals surface area contributed by atoms with Gasteiger partial charge in [0, 0.05) is 17.5 Å². The average Bonchev–Trinajstić information content (AvgIpc) is 3.04. The fraction of sp³-hybridized carbons (Fsp3) is 0.415. The van der Waals surface area contributed by atoms with E-state index in [1.807, 2.05) is 6.07 Å². The van der Waals surface area contributed by atoms with E-state index in [0.29, 0.717) is 40.1 Å². The Balaban J connectivity index is 1.02. The molecule has 6 N–H and O–H groups in total. The van der Waals surface area contributed by atoms with Gasteiger partial charge in [-0.2, -0.15) is 0 Å². The molecular weight excluding hydrogens is 584 g/mol. The molecule has 0 saturated heterocycles. The maximum atomic E-state index is 10.1. The van der Waals surface area contributed by atoms with E-state index in [0.717, 1.165) is 35.2 Å². The minimum absolute atomic E-state index is 0.0431. The molecule has 0 aromatic heterocycles. The molecule has 8 saturated carbocycles. The Bertz CT molecular complexity index is 1900. The van der Waals surface area contributed by atoms with Crippen molar-refractivity contribution >= 4 is 11.4 Å². The van der Waals surface area contributed by atoms with Gasteiger partial charge in [-0.3, -0.25) is 0 Å². The number of nitrogen functional groups attached to an aromatic ring is 2. The third kappa shape index (κ3) is 3.62. The second-order valence-electron chi connectivity index (χ2n) is 16.0. The van der Waals surface area contributed by atoms with E-state index >= 15 is 0 Å². The fourth-order valence-electron chi connectivity index (χ4n) is 13.5. The van der Waals surface area contributed by atoms with Crippen LogP contribution in [0.1, 0.15) is 62.5 Å². The number of ether oxygens (including phenoxy) is 2. The number of phenols is 2. The Kier molecular flexibility index (Phi) is 5.55. The fourth-order valence-corrected chi connectivity index (χ4v) is 13.5. The first-order valence-electron chi connectivity index (χ1n) is 17.5. The van der Waals surface area contributed by atoms with Gasteiger partial charge in [-0.1, -0.05) is 24.3 Å². The number of phenolic OH excluding ortho intramolecular Hbond substituents is 2. The molecule has 1 spiro atoms. The van der Waals surface area contributed by atoms with Crippen molar-refractivity contribution in [3.8, 4) is 34.5 Å². The zero-order valence-corrected chi connectivity index (χ0v) is 26.6. The van der Waals surface area contributed by atoms with Crippen molar-refractivity contribution in [2.24, 2.45) is 40.9 Å². The zero-order chi connectivity index (χ0) is 31.7. The van der Waals surface area contributed by atoms with Gasteiger partial charge in [0.2, 0.25) is 0 Å². The van der Waals surface area contributed by atoms with E-state index in [9.17, 15) is 10.2 Å². The Morgan fingerprint density at radius 1 is 0.553 bits per heavy atom. The van der Waals surface area contributed by atoms with E-state index in [4.69, 9.17) is 20.9 Å². The lowest BCUT2D eigenvalue weighted by Crippen LogP contribution is -2.80. The van der Waals surface area contributed by atoms with Crippen LogP contribution in [0.15, 0.2) is 84.9 Å². The maximum absolute atomic E-state index is 10.1. The quantitative estimate of drug-likeness (QED) is 0.126. The molecule has 8 aliphatic rings. The van der Waals surface area contributed by atoms with Crippen LogP contribution in [-0.2, 0) is 10.8 Å². The van der Waals surface area contributed by atoms with Crippen LogP contribution in [-0.4, -0.2) is 10.2 Å². The minimum Gasteiger partial charge on any atom is -0.506 e. The van der Waals surface area contributed by atoms with Gasteiger partial charge < -0.3 is 31.2 Å². The second-order valence-corrected chi connectivity index (χ2v) is 16.0. The maximum Gasteiger partial charge on any atom is 0.142 e. The normalized spacial score (nSPS) is 36.9. The Morgan fingerprint density at radius 3 is 1.72 bits per heavy atom. The highest BCUT2D eigenvalue weighted by Crippen LogP contribution is 2.86. The third-order valence-electron chi connectivity index (χ3n) is 14.0. The van der Waals surface area contributed by atoms with Crippen molar-refractivity contribution in [2.75, 3.05) is 11.5 Å². The van der Waals surface area contributed by atoms with Crippen LogP contribution < -0.4 is 20.9 Å². The molecule has 4 aromatic rings. The van der Waals surface area contributed by atoms with E-state index in [1.165, 1.54) is 56.9 Å². The van der Waals surface area contributed by atoms with E-state index < -0.39 is 0 Å². The molecule has 12 rings (SSSR count). The number of hydrogen-bond acceptors (Lipinski definition) is 6. The van der Waals surface area contributed by atoms with Crippen molar-refractivity contribution in [1.82, 2.24) is 0 Å². The highest BCUT2D eigenvalue weighted by atomic mass is 16.5. The topological polar surface area (TPSA) is 111 Å². The predicted molar refractivity (Wildman–Crippen MR) is 182 cm³/mol. The molecule has 8 aliphatic carbocycles. The summed E-state index contributed by atoms with van der Waals surface area (Å²) in [5, 5.41) is 20.2. The molecule has 47 heavy (non-hydrogen) atoms. The monoisotopic (exact) mass is 626 g/mol. The third-order valence-corrected chi connectivity index (χ3v) is 14.0. The van der Waals surface area contributed by atoms with E-state index in [2.05, 4.69) is 48.5 Å². The van der Waals surface area contributed by atoms with Gasteiger partial charge in [0.05, 0.1) is 11.4 Å². The number of anilines is 2. The second kappa shape index (κ2) is 9.40. The van der Waals surface area contributed by atoms with Crippen molar-refractivity contribution < 1.29 is 19.7 Å². The van der Waals surface area contributed by atoms with Crippen LogP contribution in [0.4, 0.5) is 11.4 Å². The first-order valence-corrected chi connectivity index (χ1v) is 17.5. The van der Waals surface area contributed by atoms with Crippen LogP contribution in [0, 0.1) is 40.9 Å². The van der Waals surface area contributed by atoms with Crippen molar-refractivity contribution in [3.63, 3.8) is 0 Å². The summed E-state index contributed by atoms with van der Waals surface area (Å²) in [5.41, 5.74) is 16.2. The summed E-state index contributed by atoms with van der Waals surface area (Å²) < 4.78 is 12.3. The number of nitrogens with two attached hydrogens (primary N) is 2. The highest BCUT2D eigenvalue weighted by molar-refractivity contribution is 5.56. The zero-order valence-electron chi connectivity index (χ0n) is 26.6. The molecule has 8 fully saturated rings. The highest BCUT2D eigenvalue weighted by Gasteiger charge is 2.81. The lowest BCUT2D eigenvalue weighted by molar-refractivity contribution is -0.303. The van der Waals surface area contributed by atoms with Crippen LogP contribution in [0.2, 0.25) is 0 Å². The first-order chi connectivity index (χ1) is 22.8. The van der Waals surface area contributed by atoms with Crippen LogP contribution in [0.25, 0.3) is 0 Å². The number of rotatable bonds is 6. The van der Waals surface area contributed by atoms with Crippen LogP contribution in [0.3, 0.4) is 0 Å². The molecule has 9 bridgehead atoms. The minimum atomic E-state index is 0.0431. The average molecular weight is 627 g/mol. The van der Waals surface area contributed by atoms with Gasteiger partial charge in [-0.25, -0.2) is 0 Å². The van der Waals surface area contributed by atoms with Gasteiger partial charge in [-0.15, -0.1) is 0 Å². The van der Waals surface area contributed by atoms with Gasteiger partial charge in [-0.05, 0) is 157 Å². The van der Waals surface area contributed by atoms with Gasteiger partial charge in [0.15, 0.2) is 0 Å². The summed E-state index contributed by atoms with van der Waals surface area (Å²) >= 11 is 0. The van der Waals surface area contributed by atoms with Gasteiger partial charge >= 0.3 is 0 Å². The summed E-state index contributed by atoms with van der Waals surface area (Å²) in [5.74, 6) is 7.51. The predicted octanol–water partition coefficient (Wildman–Crippen LogP) is 8.91. The smallest absolute Gasteiger partial charge is 0.142 e. The van der Waals surface area contributed by atoms with Crippen molar-refractivity contribution in [1.29, 1.82) is 0 Å². The molecule has 4 aromatic carbocycles. The van der Waals surface area contributed by atoms with E-state index in [1.54, 1.807) is 35.9 Å². The molecular formula is C41H42N2O4. The van der Waals surface area contributed by atoms with E-state index in [-0.39, 0.29) is 22.3 Å². The molecule has 9 unspecified atom stereocenters. The van der Waals surface area contributed by atoms with Crippen LogP contribution >= 0.6 is 0 Å². The lowest BCUT2D eigenvalue weighted by Gasteiger charge is -2.84. The number of aromatic hydroxyl groups is 2. The van der Waals surface area contributed by atoms with Gasteiger partial charge in [0.25, 0.3) is 0 Å². The van der Waals surface area contributed by atoms with Crippen molar-refractivity contribution in [3.05, 3.63) is 96.1 Å². The number of hydrogen-bond donors (Lipinski definition) is 4. The Hall–Kier alpha value is -4.32. The molecule has 0 heterocycles. The lowest BCUT2D eigenvalue weighted by atomic mass is 9.20. The molecule has 0 amide bonds. The number of benzene rings is 4. The summed E-state index contributed by atoms with van der Waals surface area (Å²) in [7, 11) is 0. The Labute approximate surface area is 275 Å². The molecule has 6 nitrogen and oxygen atoms in total. The summed E-state index contributed by atoms with van der Waals surface area (Å²) in [4.78, 5) is 0. The summed E-state index contributed by atoms with van der Waals surface area (Å²) in [6.45, 7) is 0. The molecule has 240 valence electrons. The molecule has 0 aliphatic heterocycles. The van der Waals surface area contributed by atoms with Gasteiger partial charge in [0.1, 0.15) is 34.5 Å². The van der Waals surface area contributed by atoms with Crippen LogP contribution in [0.5, 0.6) is 34.5 Å². The summed E-state index contributed by atoms with van der Waals surface area (Å²) in [6.07, 6.45) is 10.9. The Morgan fingerprint density at radius 2 is 1.11 bits per heavy atom. The standard InChI is InChI=1S/C41H42N2O4/c42-34-11-9-32(17-36(34)44)46-30-5-1-26(2-6-30)39-19-24-15-29(22-39)41(28-14-23-13-25(16-28)38(39)40(41,20-23)21-24)27-3-7-31(8-4-27)47-33-10-12-35(43)37(45)18-33/h1-12,17-18,23-25,28-29,38,44-45H,13-16,19-22,42-43H2.